The van der Waals surface area contributed by atoms with Crippen LogP contribution in [0.2, 0.25) is 0 Å². The van der Waals surface area contributed by atoms with Crippen molar-refractivity contribution in [2.24, 2.45) is 0 Å². The van der Waals surface area contributed by atoms with Gasteiger partial charge in [0.15, 0.2) is 0 Å². The summed E-state index contributed by atoms with van der Waals surface area (Å²) < 4.78 is 0. The van der Waals surface area contributed by atoms with Crippen LogP contribution < -0.4 is 0 Å². The van der Waals surface area contributed by atoms with Gasteiger partial charge >= 0.3 is 5.97 Å². The molecular formula is C22H26N2O4. The highest BCUT2D eigenvalue weighted by molar-refractivity contribution is 5.99. The summed E-state index contributed by atoms with van der Waals surface area (Å²) in [6.07, 6.45) is 0.219. The van der Waals surface area contributed by atoms with E-state index in [1.54, 1.807) is 29.2 Å². The Hall–Kier alpha value is -3.15. The number of amides is 2. The number of aliphatic carboxylic acids is 1. The molecule has 0 saturated heterocycles. The fourth-order valence-electron chi connectivity index (χ4n) is 3.02. The molecule has 0 aromatic heterocycles. The standard InChI is InChI=1S/C22H26N2O4/c1-4-24(5-2)21(26)18-13-11-17(12-14-18)20(25)23(3)19(22(27)28)15-16-9-7-6-8-10-16/h6-14,19H,4-5,15H2,1-3H3,(H,27,28). The molecule has 0 aliphatic heterocycles. The second-order valence-corrected chi connectivity index (χ2v) is 6.51. The molecule has 148 valence electrons. The molecule has 0 heterocycles. The van der Waals surface area contributed by atoms with Gasteiger partial charge in [-0.3, -0.25) is 9.59 Å². The van der Waals surface area contributed by atoms with E-state index in [2.05, 4.69) is 0 Å². The zero-order valence-electron chi connectivity index (χ0n) is 16.5. The Morgan fingerprint density at radius 3 is 1.82 bits per heavy atom. The average Bonchev–Trinajstić information content (AvgIpc) is 2.72. The van der Waals surface area contributed by atoms with Crippen LogP contribution in [0.4, 0.5) is 0 Å². The second kappa shape index (κ2) is 9.69. The van der Waals surface area contributed by atoms with Gasteiger partial charge in [-0.05, 0) is 43.7 Å². The predicted molar refractivity (Wildman–Crippen MR) is 107 cm³/mol. The molecule has 0 aliphatic rings. The summed E-state index contributed by atoms with van der Waals surface area (Å²) in [5, 5.41) is 9.59. The van der Waals surface area contributed by atoms with Crippen molar-refractivity contribution in [3.63, 3.8) is 0 Å². The van der Waals surface area contributed by atoms with Crippen LogP contribution in [0.15, 0.2) is 54.6 Å². The zero-order valence-corrected chi connectivity index (χ0v) is 16.5. The Kier molecular flexibility index (Phi) is 7.32. The second-order valence-electron chi connectivity index (χ2n) is 6.51. The molecule has 0 saturated carbocycles. The molecule has 0 spiro atoms. The van der Waals surface area contributed by atoms with Crippen LogP contribution in [-0.2, 0) is 11.2 Å². The highest BCUT2D eigenvalue weighted by atomic mass is 16.4. The number of benzene rings is 2. The third-order valence-corrected chi connectivity index (χ3v) is 4.77. The van der Waals surface area contributed by atoms with Gasteiger partial charge in [-0.25, -0.2) is 4.79 Å². The van der Waals surface area contributed by atoms with Crippen LogP contribution in [-0.4, -0.2) is 58.9 Å². The topological polar surface area (TPSA) is 77.9 Å². The molecule has 2 aromatic carbocycles. The lowest BCUT2D eigenvalue weighted by molar-refractivity contribution is -0.141. The van der Waals surface area contributed by atoms with E-state index in [-0.39, 0.29) is 12.3 Å². The van der Waals surface area contributed by atoms with E-state index in [0.717, 1.165) is 5.56 Å². The van der Waals surface area contributed by atoms with Crippen molar-refractivity contribution >= 4 is 17.8 Å². The number of nitrogens with zero attached hydrogens (tertiary/aromatic N) is 2. The van der Waals surface area contributed by atoms with Crippen LogP contribution in [0.5, 0.6) is 0 Å². The van der Waals surface area contributed by atoms with Gasteiger partial charge < -0.3 is 14.9 Å². The van der Waals surface area contributed by atoms with Crippen LogP contribution in [0.25, 0.3) is 0 Å². The third-order valence-electron chi connectivity index (χ3n) is 4.77. The van der Waals surface area contributed by atoms with Crippen molar-refractivity contribution in [2.45, 2.75) is 26.3 Å². The zero-order chi connectivity index (χ0) is 20.7. The van der Waals surface area contributed by atoms with Gasteiger partial charge in [0.2, 0.25) is 0 Å². The summed E-state index contributed by atoms with van der Waals surface area (Å²) in [5.41, 5.74) is 1.69. The van der Waals surface area contributed by atoms with Crippen LogP contribution in [0.1, 0.15) is 40.1 Å². The van der Waals surface area contributed by atoms with E-state index in [9.17, 15) is 19.5 Å². The van der Waals surface area contributed by atoms with Gasteiger partial charge in [0.05, 0.1) is 0 Å². The molecule has 2 aromatic rings. The molecule has 2 rings (SSSR count). The molecule has 1 atom stereocenters. The molecule has 6 heteroatoms. The normalized spacial score (nSPS) is 11.5. The van der Waals surface area contributed by atoms with Crippen molar-refractivity contribution in [1.29, 1.82) is 0 Å². The lowest BCUT2D eigenvalue weighted by Crippen LogP contribution is -2.43. The lowest BCUT2D eigenvalue weighted by atomic mass is 10.0. The molecule has 0 fully saturated rings. The first-order valence-electron chi connectivity index (χ1n) is 9.32. The summed E-state index contributed by atoms with van der Waals surface area (Å²) in [5.74, 6) is -1.55. The maximum absolute atomic E-state index is 12.8. The highest BCUT2D eigenvalue weighted by Gasteiger charge is 2.27. The van der Waals surface area contributed by atoms with Gasteiger partial charge in [0.25, 0.3) is 11.8 Å². The summed E-state index contributed by atoms with van der Waals surface area (Å²) in [4.78, 5) is 39.8. The Morgan fingerprint density at radius 2 is 1.36 bits per heavy atom. The number of carbonyl (C=O) groups is 3. The average molecular weight is 382 g/mol. The number of rotatable bonds is 8. The van der Waals surface area contributed by atoms with Crippen molar-refractivity contribution in [2.75, 3.05) is 20.1 Å². The first-order chi connectivity index (χ1) is 13.4. The van der Waals surface area contributed by atoms with E-state index in [0.29, 0.717) is 24.2 Å². The highest BCUT2D eigenvalue weighted by Crippen LogP contribution is 2.14. The molecule has 0 bridgehead atoms. The maximum atomic E-state index is 12.8. The van der Waals surface area contributed by atoms with Crippen molar-refractivity contribution in [3.05, 3.63) is 71.3 Å². The summed E-state index contributed by atoms with van der Waals surface area (Å²) >= 11 is 0. The SMILES string of the molecule is CCN(CC)C(=O)c1ccc(C(=O)N(C)C(Cc2ccccc2)C(=O)O)cc1. The minimum Gasteiger partial charge on any atom is -0.480 e. The van der Waals surface area contributed by atoms with Gasteiger partial charge in [-0.15, -0.1) is 0 Å². The van der Waals surface area contributed by atoms with Crippen LogP contribution in [0, 0.1) is 0 Å². The minimum atomic E-state index is -1.06. The third kappa shape index (κ3) is 4.97. The van der Waals surface area contributed by atoms with Gasteiger partial charge in [-0.1, -0.05) is 30.3 Å². The molecule has 6 nitrogen and oxygen atoms in total. The van der Waals surface area contributed by atoms with Gasteiger partial charge in [-0.2, -0.15) is 0 Å². The molecule has 1 unspecified atom stereocenters. The Bertz CT molecular complexity index is 814. The van der Waals surface area contributed by atoms with E-state index >= 15 is 0 Å². The first kappa shape index (κ1) is 21.2. The molecular weight excluding hydrogens is 356 g/mol. The van der Waals surface area contributed by atoms with Crippen molar-refractivity contribution < 1.29 is 19.5 Å². The predicted octanol–water partition coefficient (Wildman–Crippen LogP) is 2.94. The smallest absolute Gasteiger partial charge is 0.326 e. The largest absolute Gasteiger partial charge is 0.480 e. The minimum absolute atomic E-state index is 0.0927. The van der Waals surface area contributed by atoms with E-state index in [1.165, 1.54) is 11.9 Å². The monoisotopic (exact) mass is 382 g/mol. The fourth-order valence-corrected chi connectivity index (χ4v) is 3.02. The van der Waals surface area contributed by atoms with E-state index in [1.807, 2.05) is 44.2 Å². The quantitative estimate of drug-likeness (QED) is 0.761. The number of likely N-dealkylation sites (N-methyl/N-ethyl adjacent to an activating group) is 1. The van der Waals surface area contributed by atoms with Crippen molar-refractivity contribution in [1.82, 2.24) is 9.80 Å². The van der Waals surface area contributed by atoms with Gasteiger partial charge in [0.1, 0.15) is 6.04 Å². The number of carboxylic acid groups (broad SMARTS) is 1. The summed E-state index contributed by atoms with van der Waals surface area (Å²) in [6, 6.07) is 14.6. The summed E-state index contributed by atoms with van der Waals surface area (Å²) in [7, 11) is 1.49. The Balaban J connectivity index is 2.16. The maximum Gasteiger partial charge on any atom is 0.326 e. The first-order valence-corrected chi connectivity index (χ1v) is 9.32. The van der Waals surface area contributed by atoms with Gasteiger partial charge in [0, 0.05) is 37.7 Å². The molecule has 0 radical (unpaired) electrons. The molecule has 1 N–H and O–H groups in total. The summed E-state index contributed by atoms with van der Waals surface area (Å²) in [6.45, 7) is 5.04. The molecule has 2 amide bonds. The fraction of sp³-hybridized carbons (Fsp3) is 0.318. The number of hydrogen-bond donors (Lipinski definition) is 1. The van der Waals surface area contributed by atoms with Crippen LogP contribution >= 0.6 is 0 Å². The van der Waals surface area contributed by atoms with Crippen molar-refractivity contribution in [3.8, 4) is 0 Å². The molecule has 28 heavy (non-hydrogen) atoms. The number of carbonyl (C=O) groups excluding carboxylic acids is 2. The Morgan fingerprint density at radius 1 is 0.857 bits per heavy atom. The Labute approximate surface area is 165 Å². The lowest BCUT2D eigenvalue weighted by Gasteiger charge is -2.25. The van der Waals surface area contributed by atoms with E-state index in [4.69, 9.17) is 0 Å². The number of hydrogen-bond acceptors (Lipinski definition) is 3. The number of carboxylic acids is 1. The van der Waals surface area contributed by atoms with E-state index < -0.39 is 17.9 Å². The molecule has 0 aliphatic carbocycles. The van der Waals surface area contributed by atoms with Crippen LogP contribution in [0.3, 0.4) is 0 Å².